The van der Waals surface area contributed by atoms with E-state index in [1.165, 1.54) is 0 Å². The average molecular weight is 504 g/mol. The van der Waals surface area contributed by atoms with Crippen LogP contribution >= 0.6 is 0 Å². The Balaban J connectivity index is 1.50. The van der Waals surface area contributed by atoms with Gasteiger partial charge < -0.3 is 24.6 Å². The first-order valence-corrected chi connectivity index (χ1v) is 11.6. The molecule has 192 valence electrons. The van der Waals surface area contributed by atoms with Gasteiger partial charge in [0, 0.05) is 24.9 Å². The topological polar surface area (TPSA) is 129 Å². The molecular formula is C27H29N5O5. The van der Waals surface area contributed by atoms with Crippen LogP contribution in [0.5, 0.6) is 5.75 Å². The van der Waals surface area contributed by atoms with Crippen molar-refractivity contribution < 1.29 is 24.5 Å². The van der Waals surface area contributed by atoms with Crippen LogP contribution in [0.25, 0.3) is 0 Å². The van der Waals surface area contributed by atoms with E-state index in [1.807, 2.05) is 29.2 Å². The minimum absolute atomic E-state index is 0.0102. The summed E-state index contributed by atoms with van der Waals surface area (Å²) in [5.41, 5.74) is 3.58. The van der Waals surface area contributed by atoms with Gasteiger partial charge in [0.15, 0.2) is 0 Å². The summed E-state index contributed by atoms with van der Waals surface area (Å²) in [7, 11) is 0. The SMILES string of the molecule is C=CC(=O)OCCOc1ccc(N=Nc2ccc(N=Nc3ccc(N(CCO)CCO)cc3)cc2)cc1. The molecule has 0 atom stereocenters. The molecule has 0 unspecified atom stereocenters. The summed E-state index contributed by atoms with van der Waals surface area (Å²) in [6.45, 7) is 4.62. The standard InChI is InChI=1S/C27H29N5O5/c1-2-27(35)37-20-19-36-26-13-9-24(10-14-26)31-29-22-5-3-21(4-6-22)28-30-23-7-11-25(12-8-23)32(15-17-33)16-18-34/h2-14,33-34H,1,15-20H2. The number of hydrogen-bond donors (Lipinski definition) is 2. The lowest BCUT2D eigenvalue weighted by atomic mass is 10.2. The van der Waals surface area contributed by atoms with Gasteiger partial charge in [-0.1, -0.05) is 6.58 Å². The molecule has 0 spiro atoms. The Kier molecular flexibility index (Phi) is 10.9. The van der Waals surface area contributed by atoms with Crippen LogP contribution in [0.1, 0.15) is 0 Å². The largest absolute Gasteiger partial charge is 0.490 e. The molecule has 0 aliphatic rings. The predicted molar refractivity (Wildman–Crippen MR) is 141 cm³/mol. The first-order valence-electron chi connectivity index (χ1n) is 11.6. The molecule has 10 heteroatoms. The van der Waals surface area contributed by atoms with Crippen molar-refractivity contribution in [2.24, 2.45) is 20.5 Å². The van der Waals surface area contributed by atoms with Gasteiger partial charge in [0.05, 0.1) is 36.0 Å². The van der Waals surface area contributed by atoms with Crippen LogP contribution in [-0.4, -0.2) is 55.7 Å². The molecule has 0 aliphatic carbocycles. The number of nitrogens with zero attached hydrogens (tertiary/aromatic N) is 5. The van der Waals surface area contributed by atoms with Crippen molar-refractivity contribution in [3.63, 3.8) is 0 Å². The maximum absolute atomic E-state index is 11.0. The minimum atomic E-state index is -0.483. The van der Waals surface area contributed by atoms with Gasteiger partial charge in [-0.15, -0.1) is 0 Å². The number of azo groups is 2. The minimum Gasteiger partial charge on any atom is -0.490 e. The summed E-state index contributed by atoms with van der Waals surface area (Å²) in [4.78, 5) is 12.9. The zero-order chi connectivity index (χ0) is 26.3. The van der Waals surface area contributed by atoms with E-state index in [1.54, 1.807) is 48.5 Å². The molecule has 0 heterocycles. The number of carbonyl (C=O) groups is 1. The second-order valence-corrected chi connectivity index (χ2v) is 7.58. The molecule has 0 saturated heterocycles. The quantitative estimate of drug-likeness (QED) is 0.131. The third-order valence-corrected chi connectivity index (χ3v) is 4.97. The van der Waals surface area contributed by atoms with Crippen molar-refractivity contribution in [1.29, 1.82) is 0 Å². The van der Waals surface area contributed by atoms with Crippen molar-refractivity contribution in [1.82, 2.24) is 0 Å². The third-order valence-electron chi connectivity index (χ3n) is 4.97. The number of rotatable bonds is 14. The third kappa shape index (κ3) is 9.28. The van der Waals surface area contributed by atoms with Gasteiger partial charge >= 0.3 is 5.97 Å². The molecule has 0 aliphatic heterocycles. The lowest BCUT2D eigenvalue weighted by molar-refractivity contribution is -0.138. The highest BCUT2D eigenvalue weighted by atomic mass is 16.6. The lowest BCUT2D eigenvalue weighted by Gasteiger charge is -2.22. The summed E-state index contributed by atoms with van der Waals surface area (Å²) in [6, 6.07) is 21.7. The fraction of sp³-hybridized carbons (Fsp3) is 0.222. The van der Waals surface area contributed by atoms with Crippen LogP contribution in [0, 0.1) is 0 Å². The normalized spacial score (nSPS) is 11.1. The van der Waals surface area contributed by atoms with Crippen molar-refractivity contribution in [2.75, 3.05) is 44.4 Å². The number of anilines is 1. The number of hydrogen-bond acceptors (Lipinski definition) is 10. The number of aliphatic hydroxyl groups is 2. The summed E-state index contributed by atoms with van der Waals surface area (Å²) in [5.74, 6) is 0.147. The zero-order valence-corrected chi connectivity index (χ0v) is 20.3. The van der Waals surface area contributed by atoms with E-state index >= 15 is 0 Å². The van der Waals surface area contributed by atoms with Crippen molar-refractivity contribution in [2.45, 2.75) is 0 Å². The van der Waals surface area contributed by atoms with Gasteiger partial charge in [0.25, 0.3) is 0 Å². The summed E-state index contributed by atoms with van der Waals surface area (Å²) in [6.07, 6.45) is 1.11. The average Bonchev–Trinajstić information content (AvgIpc) is 2.94. The molecule has 2 N–H and O–H groups in total. The summed E-state index contributed by atoms with van der Waals surface area (Å²) < 4.78 is 10.4. The fourth-order valence-corrected chi connectivity index (χ4v) is 3.13. The number of benzene rings is 3. The zero-order valence-electron chi connectivity index (χ0n) is 20.3. The van der Waals surface area contributed by atoms with Crippen LogP contribution in [0.2, 0.25) is 0 Å². The summed E-state index contributed by atoms with van der Waals surface area (Å²) in [5, 5.41) is 35.3. The second kappa shape index (κ2) is 14.9. The number of carbonyl (C=O) groups excluding carboxylic acids is 1. The van der Waals surface area contributed by atoms with E-state index < -0.39 is 5.97 Å². The maximum Gasteiger partial charge on any atom is 0.330 e. The second-order valence-electron chi connectivity index (χ2n) is 7.58. The van der Waals surface area contributed by atoms with Crippen LogP contribution in [-0.2, 0) is 9.53 Å². The Bertz CT molecular complexity index is 1170. The van der Waals surface area contributed by atoms with Crippen molar-refractivity contribution in [3.8, 4) is 5.75 Å². The number of esters is 1. The summed E-state index contributed by atoms with van der Waals surface area (Å²) >= 11 is 0. The molecule has 3 aromatic rings. The van der Waals surface area contributed by atoms with Crippen molar-refractivity contribution in [3.05, 3.63) is 85.5 Å². The molecule has 3 rings (SSSR count). The van der Waals surface area contributed by atoms with E-state index in [2.05, 4.69) is 27.0 Å². The molecule has 0 amide bonds. The molecule has 0 radical (unpaired) electrons. The highest BCUT2D eigenvalue weighted by molar-refractivity contribution is 5.81. The predicted octanol–water partition coefficient (Wildman–Crippen LogP) is 5.42. The number of aliphatic hydroxyl groups excluding tert-OH is 2. The lowest BCUT2D eigenvalue weighted by Crippen LogP contribution is -2.29. The van der Waals surface area contributed by atoms with Gasteiger partial charge in [-0.3, -0.25) is 0 Å². The smallest absolute Gasteiger partial charge is 0.330 e. The molecule has 10 nitrogen and oxygen atoms in total. The van der Waals surface area contributed by atoms with Gasteiger partial charge in [-0.05, 0) is 72.8 Å². The van der Waals surface area contributed by atoms with E-state index in [-0.39, 0.29) is 26.4 Å². The van der Waals surface area contributed by atoms with E-state index in [9.17, 15) is 15.0 Å². The van der Waals surface area contributed by atoms with E-state index in [0.29, 0.717) is 41.6 Å². The Hall–Kier alpha value is -4.41. The Morgan fingerprint density at radius 3 is 1.59 bits per heavy atom. The molecule has 37 heavy (non-hydrogen) atoms. The molecule has 0 aromatic heterocycles. The molecule has 0 fully saturated rings. The van der Waals surface area contributed by atoms with Crippen molar-refractivity contribution >= 4 is 34.4 Å². The van der Waals surface area contributed by atoms with E-state index in [0.717, 1.165) is 11.8 Å². The first-order chi connectivity index (χ1) is 18.1. The van der Waals surface area contributed by atoms with Crippen LogP contribution in [0.3, 0.4) is 0 Å². The van der Waals surface area contributed by atoms with Crippen LogP contribution in [0.15, 0.2) is 106 Å². The van der Waals surface area contributed by atoms with E-state index in [4.69, 9.17) is 9.47 Å². The Morgan fingerprint density at radius 1 is 0.730 bits per heavy atom. The molecular weight excluding hydrogens is 474 g/mol. The Labute approximate surface area is 215 Å². The van der Waals surface area contributed by atoms with Crippen LogP contribution < -0.4 is 9.64 Å². The van der Waals surface area contributed by atoms with Gasteiger partial charge in [0.1, 0.15) is 19.0 Å². The maximum atomic E-state index is 11.0. The molecule has 0 bridgehead atoms. The van der Waals surface area contributed by atoms with Gasteiger partial charge in [-0.2, -0.15) is 20.5 Å². The highest BCUT2D eigenvalue weighted by Gasteiger charge is 2.05. The Morgan fingerprint density at radius 2 is 1.16 bits per heavy atom. The van der Waals surface area contributed by atoms with Gasteiger partial charge in [0.2, 0.25) is 0 Å². The monoisotopic (exact) mass is 503 g/mol. The highest BCUT2D eigenvalue weighted by Crippen LogP contribution is 2.25. The van der Waals surface area contributed by atoms with Crippen LogP contribution in [0.4, 0.5) is 28.4 Å². The fourth-order valence-electron chi connectivity index (χ4n) is 3.13. The van der Waals surface area contributed by atoms with Gasteiger partial charge in [-0.25, -0.2) is 4.79 Å². The molecule has 3 aromatic carbocycles. The number of ether oxygens (including phenoxy) is 2. The first kappa shape index (κ1) is 27.2. The molecule has 0 saturated carbocycles.